The zero-order chi connectivity index (χ0) is 17.8. The maximum Gasteiger partial charge on any atom is 0.330 e. The summed E-state index contributed by atoms with van der Waals surface area (Å²) < 4.78 is 5.22. The van der Waals surface area contributed by atoms with Gasteiger partial charge in [-0.15, -0.1) is 0 Å². The Bertz CT molecular complexity index is 757. The first-order valence-electron chi connectivity index (χ1n) is 7.93. The smallest absolute Gasteiger partial charge is 0.330 e. The predicted octanol–water partition coefficient (Wildman–Crippen LogP) is 1.57. The SMILES string of the molecule is O=C(N[C@@H](C(=O)O)c1ccccc1)C1CC(=O)N(Cc2ccco2)C1. The molecule has 0 spiro atoms. The Labute approximate surface area is 144 Å². The Hall–Kier alpha value is -3.09. The highest BCUT2D eigenvalue weighted by Gasteiger charge is 2.36. The van der Waals surface area contributed by atoms with E-state index in [1.807, 2.05) is 0 Å². The van der Waals surface area contributed by atoms with Gasteiger partial charge in [0.05, 0.1) is 18.7 Å². The minimum Gasteiger partial charge on any atom is -0.479 e. The molecule has 130 valence electrons. The lowest BCUT2D eigenvalue weighted by atomic mass is 10.0. The Balaban J connectivity index is 1.64. The van der Waals surface area contributed by atoms with Crippen LogP contribution < -0.4 is 5.32 Å². The van der Waals surface area contributed by atoms with Gasteiger partial charge in [0.25, 0.3) is 0 Å². The topological polar surface area (TPSA) is 99.8 Å². The van der Waals surface area contributed by atoms with E-state index in [1.54, 1.807) is 47.4 Å². The molecule has 7 heteroatoms. The van der Waals surface area contributed by atoms with Crippen molar-refractivity contribution in [3.63, 3.8) is 0 Å². The van der Waals surface area contributed by atoms with E-state index in [-0.39, 0.29) is 18.9 Å². The van der Waals surface area contributed by atoms with E-state index in [0.717, 1.165) is 0 Å². The number of aliphatic carboxylic acids is 1. The zero-order valence-corrected chi connectivity index (χ0v) is 13.4. The average Bonchev–Trinajstić information content (AvgIpc) is 3.24. The molecular formula is C18H18N2O5. The maximum atomic E-state index is 12.5. The van der Waals surface area contributed by atoms with Crippen LogP contribution in [0.15, 0.2) is 53.1 Å². The van der Waals surface area contributed by atoms with Crippen LogP contribution in [0, 0.1) is 5.92 Å². The summed E-state index contributed by atoms with van der Waals surface area (Å²) in [4.78, 5) is 37.6. The number of furan rings is 1. The third-order valence-electron chi connectivity index (χ3n) is 4.18. The zero-order valence-electron chi connectivity index (χ0n) is 13.4. The molecule has 0 radical (unpaired) electrons. The number of likely N-dealkylation sites (tertiary alicyclic amines) is 1. The fourth-order valence-electron chi connectivity index (χ4n) is 2.88. The number of carbonyl (C=O) groups is 3. The Morgan fingerprint density at radius 2 is 2.00 bits per heavy atom. The van der Waals surface area contributed by atoms with E-state index in [1.165, 1.54) is 6.26 Å². The molecule has 0 bridgehead atoms. The van der Waals surface area contributed by atoms with Crippen LogP contribution in [0.4, 0.5) is 0 Å². The van der Waals surface area contributed by atoms with Gasteiger partial charge >= 0.3 is 5.97 Å². The van der Waals surface area contributed by atoms with Crippen LogP contribution in [-0.4, -0.2) is 34.3 Å². The van der Waals surface area contributed by atoms with Crippen molar-refractivity contribution < 1.29 is 23.9 Å². The third kappa shape index (κ3) is 3.88. The van der Waals surface area contributed by atoms with E-state index < -0.39 is 23.8 Å². The molecule has 1 aromatic carbocycles. The van der Waals surface area contributed by atoms with Crippen molar-refractivity contribution in [3.8, 4) is 0 Å². The summed E-state index contributed by atoms with van der Waals surface area (Å²) >= 11 is 0. The lowest BCUT2D eigenvalue weighted by Crippen LogP contribution is -2.38. The molecule has 2 aromatic rings. The van der Waals surface area contributed by atoms with Crippen LogP contribution >= 0.6 is 0 Å². The molecule has 1 aromatic heterocycles. The van der Waals surface area contributed by atoms with Crippen molar-refractivity contribution in [1.29, 1.82) is 0 Å². The van der Waals surface area contributed by atoms with Crippen LogP contribution in [0.1, 0.15) is 23.8 Å². The monoisotopic (exact) mass is 342 g/mol. The highest BCUT2D eigenvalue weighted by Crippen LogP contribution is 2.22. The van der Waals surface area contributed by atoms with E-state index in [9.17, 15) is 19.5 Å². The molecule has 2 amide bonds. The van der Waals surface area contributed by atoms with Crippen LogP contribution in [0.25, 0.3) is 0 Å². The molecule has 3 rings (SSSR count). The molecule has 25 heavy (non-hydrogen) atoms. The van der Waals surface area contributed by atoms with Crippen molar-refractivity contribution in [2.24, 2.45) is 5.92 Å². The molecule has 1 aliphatic heterocycles. The summed E-state index contributed by atoms with van der Waals surface area (Å²) in [5.41, 5.74) is 0.486. The summed E-state index contributed by atoms with van der Waals surface area (Å²) in [7, 11) is 0. The minimum absolute atomic E-state index is 0.0632. The van der Waals surface area contributed by atoms with Crippen LogP contribution in [-0.2, 0) is 20.9 Å². The highest BCUT2D eigenvalue weighted by molar-refractivity contribution is 5.91. The Morgan fingerprint density at radius 3 is 2.64 bits per heavy atom. The molecule has 1 unspecified atom stereocenters. The lowest BCUT2D eigenvalue weighted by molar-refractivity contribution is -0.142. The van der Waals surface area contributed by atoms with Crippen molar-refractivity contribution in [1.82, 2.24) is 10.2 Å². The number of nitrogens with one attached hydrogen (secondary N) is 1. The van der Waals surface area contributed by atoms with Gasteiger partial charge in [0, 0.05) is 13.0 Å². The average molecular weight is 342 g/mol. The molecule has 1 aliphatic rings. The maximum absolute atomic E-state index is 12.5. The summed E-state index contributed by atoms with van der Waals surface area (Å²) in [5.74, 6) is -1.67. The quantitative estimate of drug-likeness (QED) is 0.830. The van der Waals surface area contributed by atoms with Gasteiger partial charge in [-0.05, 0) is 17.7 Å². The first-order chi connectivity index (χ1) is 12.0. The van der Waals surface area contributed by atoms with Gasteiger partial charge in [0.1, 0.15) is 5.76 Å². The van der Waals surface area contributed by atoms with Gasteiger partial charge in [0.2, 0.25) is 11.8 Å². The number of carbonyl (C=O) groups excluding carboxylic acids is 2. The molecular weight excluding hydrogens is 324 g/mol. The first-order valence-corrected chi connectivity index (χ1v) is 7.93. The summed E-state index contributed by atoms with van der Waals surface area (Å²) in [5, 5.41) is 11.9. The summed E-state index contributed by atoms with van der Waals surface area (Å²) in [6.07, 6.45) is 1.59. The van der Waals surface area contributed by atoms with Gasteiger partial charge in [-0.25, -0.2) is 4.79 Å². The summed E-state index contributed by atoms with van der Waals surface area (Å²) in [6.45, 7) is 0.545. The second-order valence-corrected chi connectivity index (χ2v) is 5.95. The van der Waals surface area contributed by atoms with Gasteiger partial charge in [-0.1, -0.05) is 30.3 Å². The molecule has 2 N–H and O–H groups in total. The molecule has 2 atom stereocenters. The Morgan fingerprint density at radius 1 is 1.24 bits per heavy atom. The number of benzene rings is 1. The van der Waals surface area contributed by atoms with E-state index in [2.05, 4.69) is 5.32 Å². The molecule has 7 nitrogen and oxygen atoms in total. The van der Waals surface area contributed by atoms with Gasteiger partial charge in [-0.3, -0.25) is 9.59 Å². The molecule has 1 fully saturated rings. The number of hydrogen-bond acceptors (Lipinski definition) is 4. The van der Waals surface area contributed by atoms with Gasteiger partial charge in [0.15, 0.2) is 6.04 Å². The fraction of sp³-hybridized carbons (Fsp3) is 0.278. The highest BCUT2D eigenvalue weighted by atomic mass is 16.4. The van der Waals surface area contributed by atoms with Crippen molar-refractivity contribution >= 4 is 17.8 Å². The standard InChI is InChI=1S/C18H18N2O5/c21-15-9-13(10-20(15)11-14-7-4-8-25-14)17(22)19-16(18(23)24)12-5-2-1-3-6-12/h1-8,13,16H,9-11H2,(H,19,22)(H,23,24)/t13?,16-/m1/s1. The lowest BCUT2D eigenvalue weighted by Gasteiger charge is -2.18. The van der Waals surface area contributed by atoms with E-state index in [4.69, 9.17) is 4.42 Å². The van der Waals surface area contributed by atoms with E-state index >= 15 is 0 Å². The van der Waals surface area contributed by atoms with Crippen LogP contribution in [0.3, 0.4) is 0 Å². The second-order valence-electron chi connectivity index (χ2n) is 5.95. The number of nitrogens with zero attached hydrogens (tertiary/aromatic N) is 1. The second kappa shape index (κ2) is 7.21. The fourth-order valence-corrected chi connectivity index (χ4v) is 2.88. The number of amides is 2. The normalized spacial score (nSPS) is 18.2. The molecule has 0 saturated carbocycles. The van der Waals surface area contributed by atoms with Crippen molar-refractivity contribution in [3.05, 3.63) is 60.1 Å². The summed E-state index contributed by atoms with van der Waals surface area (Å²) in [6, 6.07) is 10.8. The minimum atomic E-state index is -1.14. The number of rotatable bonds is 6. The third-order valence-corrected chi connectivity index (χ3v) is 4.18. The number of carboxylic acid groups (broad SMARTS) is 1. The largest absolute Gasteiger partial charge is 0.479 e. The van der Waals surface area contributed by atoms with Crippen molar-refractivity contribution in [2.45, 2.75) is 19.0 Å². The number of hydrogen-bond donors (Lipinski definition) is 2. The van der Waals surface area contributed by atoms with Crippen LogP contribution in [0.5, 0.6) is 0 Å². The van der Waals surface area contributed by atoms with Gasteiger partial charge in [-0.2, -0.15) is 0 Å². The number of carboxylic acids is 1. The van der Waals surface area contributed by atoms with Crippen LogP contribution in [0.2, 0.25) is 0 Å². The molecule has 1 saturated heterocycles. The van der Waals surface area contributed by atoms with E-state index in [0.29, 0.717) is 17.9 Å². The molecule has 0 aliphatic carbocycles. The van der Waals surface area contributed by atoms with Crippen molar-refractivity contribution in [2.75, 3.05) is 6.54 Å². The first kappa shape index (κ1) is 16.8. The predicted molar refractivity (Wildman–Crippen MR) is 87.2 cm³/mol. The van der Waals surface area contributed by atoms with Gasteiger partial charge < -0.3 is 19.7 Å². The molecule has 2 heterocycles. The Kier molecular flexibility index (Phi) is 4.83.